The second-order valence-corrected chi connectivity index (χ2v) is 7.50. The molecule has 146 valence electrons. The number of thiazole rings is 1. The molecule has 1 heterocycles. The van der Waals surface area contributed by atoms with Crippen molar-refractivity contribution in [2.75, 3.05) is 12.4 Å². The summed E-state index contributed by atoms with van der Waals surface area (Å²) in [6.07, 6.45) is -0.683. The van der Waals surface area contributed by atoms with Crippen LogP contribution in [-0.4, -0.2) is 24.1 Å². The largest absolute Gasteiger partial charge is 0.493 e. The Kier molecular flexibility index (Phi) is 5.44. The highest BCUT2D eigenvalue weighted by atomic mass is 32.1. The number of rotatable bonds is 6. The monoisotopic (exact) mass is 404 g/mol. The lowest BCUT2D eigenvalue weighted by atomic mass is 10.2. The molecule has 1 N–H and O–H groups in total. The third-order valence-corrected chi connectivity index (χ3v) is 5.50. The molecule has 4 aromatic rings. The number of methoxy groups -OCH3 is 1. The van der Waals surface area contributed by atoms with Crippen LogP contribution >= 0.6 is 11.3 Å². The molecule has 3 aromatic carbocycles. The third kappa shape index (κ3) is 4.22. The number of hydrogen-bond acceptors (Lipinski definition) is 5. The molecule has 0 fully saturated rings. The van der Waals surface area contributed by atoms with Gasteiger partial charge in [0, 0.05) is 11.3 Å². The predicted octanol–water partition coefficient (Wildman–Crippen LogP) is 5.38. The number of aromatic nitrogens is 1. The highest BCUT2D eigenvalue weighted by Gasteiger charge is 2.17. The van der Waals surface area contributed by atoms with Crippen LogP contribution < -0.4 is 14.8 Å². The van der Waals surface area contributed by atoms with E-state index in [1.807, 2.05) is 54.6 Å². The number of benzene rings is 3. The summed E-state index contributed by atoms with van der Waals surface area (Å²) < 4.78 is 12.2. The van der Waals surface area contributed by atoms with Crippen molar-refractivity contribution in [3.8, 4) is 22.1 Å². The fraction of sp³-hybridized carbons (Fsp3) is 0.130. The minimum absolute atomic E-state index is 0.239. The Balaban J connectivity index is 1.49. The van der Waals surface area contributed by atoms with Crippen molar-refractivity contribution < 1.29 is 14.3 Å². The lowest BCUT2D eigenvalue weighted by molar-refractivity contribution is -0.122. The van der Waals surface area contributed by atoms with Crippen LogP contribution in [0.1, 0.15) is 6.92 Å². The van der Waals surface area contributed by atoms with Crippen LogP contribution in [0.2, 0.25) is 0 Å². The van der Waals surface area contributed by atoms with E-state index < -0.39 is 6.10 Å². The van der Waals surface area contributed by atoms with Crippen molar-refractivity contribution in [2.24, 2.45) is 0 Å². The smallest absolute Gasteiger partial charge is 0.265 e. The molecule has 4 rings (SSSR count). The second-order valence-electron chi connectivity index (χ2n) is 6.47. The van der Waals surface area contributed by atoms with Crippen LogP contribution in [0.15, 0.2) is 72.8 Å². The molecule has 0 unspecified atom stereocenters. The van der Waals surface area contributed by atoms with Gasteiger partial charge in [0.15, 0.2) is 17.6 Å². The summed E-state index contributed by atoms with van der Waals surface area (Å²) in [4.78, 5) is 17.3. The lowest BCUT2D eigenvalue weighted by Gasteiger charge is -2.16. The van der Waals surface area contributed by atoms with Gasteiger partial charge in [-0.25, -0.2) is 4.98 Å². The molecule has 0 aliphatic rings. The van der Waals surface area contributed by atoms with Crippen molar-refractivity contribution >= 4 is 33.1 Å². The molecule has 1 aromatic heterocycles. The topological polar surface area (TPSA) is 60.5 Å². The number of amides is 1. The Morgan fingerprint density at radius 2 is 1.76 bits per heavy atom. The van der Waals surface area contributed by atoms with Gasteiger partial charge in [-0.15, -0.1) is 11.3 Å². The molecular formula is C23H20N2O3S. The first-order valence-electron chi connectivity index (χ1n) is 9.20. The summed E-state index contributed by atoms with van der Waals surface area (Å²) in [7, 11) is 1.57. The minimum Gasteiger partial charge on any atom is -0.493 e. The number of nitrogens with zero attached hydrogens (tertiary/aromatic N) is 1. The van der Waals surface area contributed by atoms with Gasteiger partial charge in [-0.2, -0.15) is 0 Å². The van der Waals surface area contributed by atoms with Crippen molar-refractivity contribution in [1.29, 1.82) is 0 Å². The maximum atomic E-state index is 12.6. The molecule has 0 aliphatic carbocycles. The van der Waals surface area contributed by atoms with Gasteiger partial charge in [-0.1, -0.05) is 36.4 Å². The van der Waals surface area contributed by atoms with Crippen molar-refractivity contribution in [1.82, 2.24) is 4.98 Å². The normalized spacial score (nSPS) is 11.8. The van der Waals surface area contributed by atoms with Crippen LogP contribution in [-0.2, 0) is 4.79 Å². The summed E-state index contributed by atoms with van der Waals surface area (Å²) in [5, 5.41) is 3.83. The van der Waals surface area contributed by atoms with Crippen molar-refractivity contribution in [2.45, 2.75) is 13.0 Å². The molecule has 1 amide bonds. The molecule has 1 atom stereocenters. The van der Waals surface area contributed by atoms with Crippen LogP contribution in [0, 0.1) is 0 Å². The number of nitrogens with one attached hydrogen (secondary N) is 1. The molecule has 0 bridgehead atoms. The summed E-state index contributed by atoms with van der Waals surface area (Å²) in [5.41, 5.74) is 2.63. The number of anilines is 1. The van der Waals surface area contributed by atoms with E-state index in [4.69, 9.17) is 9.47 Å². The van der Waals surface area contributed by atoms with Gasteiger partial charge in [-0.05, 0) is 43.3 Å². The molecule has 0 saturated carbocycles. The van der Waals surface area contributed by atoms with Crippen LogP contribution in [0.25, 0.3) is 20.8 Å². The summed E-state index contributed by atoms with van der Waals surface area (Å²) in [6, 6.07) is 23.0. The van der Waals surface area contributed by atoms with Crippen molar-refractivity contribution in [3.63, 3.8) is 0 Å². The second kappa shape index (κ2) is 8.32. The third-order valence-electron chi connectivity index (χ3n) is 4.41. The zero-order valence-corrected chi connectivity index (χ0v) is 16.9. The molecule has 6 heteroatoms. The minimum atomic E-state index is -0.683. The first-order chi connectivity index (χ1) is 14.1. The van der Waals surface area contributed by atoms with Gasteiger partial charge < -0.3 is 14.8 Å². The zero-order valence-electron chi connectivity index (χ0n) is 16.1. The van der Waals surface area contributed by atoms with Crippen molar-refractivity contribution in [3.05, 3.63) is 72.8 Å². The molecule has 0 radical (unpaired) electrons. The molecule has 0 saturated heterocycles. The Labute approximate surface area is 172 Å². The van der Waals surface area contributed by atoms with E-state index in [9.17, 15) is 4.79 Å². The Morgan fingerprint density at radius 3 is 2.55 bits per heavy atom. The maximum Gasteiger partial charge on any atom is 0.265 e. The fourth-order valence-corrected chi connectivity index (χ4v) is 3.89. The van der Waals surface area contributed by atoms with E-state index in [0.29, 0.717) is 17.2 Å². The molecule has 29 heavy (non-hydrogen) atoms. The molecule has 0 aliphatic heterocycles. The van der Waals surface area contributed by atoms with Crippen LogP contribution in [0.4, 0.5) is 5.69 Å². The van der Waals surface area contributed by atoms with Gasteiger partial charge in [0.2, 0.25) is 0 Å². The van der Waals surface area contributed by atoms with E-state index in [1.165, 1.54) is 0 Å². The molecule has 0 spiro atoms. The highest BCUT2D eigenvalue weighted by Crippen LogP contribution is 2.31. The Hall–Kier alpha value is -3.38. The number of para-hydroxylation sites is 3. The maximum absolute atomic E-state index is 12.6. The molecule has 5 nitrogen and oxygen atoms in total. The van der Waals surface area contributed by atoms with Gasteiger partial charge in [0.05, 0.1) is 17.3 Å². The number of fused-ring (bicyclic) bond motifs is 1. The van der Waals surface area contributed by atoms with E-state index >= 15 is 0 Å². The average Bonchev–Trinajstić information content (AvgIpc) is 3.18. The fourth-order valence-electron chi connectivity index (χ4n) is 2.93. The molecular weight excluding hydrogens is 384 g/mol. The summed E-state index contributed by atoms with van der Waals surface area (Å²) >= 11 is 1.63. The van der Waals surface area contributed by atoms with Gasteiger partial charge >= 0.3 is 0 Å². The van der Waals surface area contributed by atoms with Gasteiger partial charge in [0.1, 0.15) is 5.01 Å². The number of ether oxygens (including phenoxy) is 2. The SMILES string of the molecule is COc1ccccc1O[C@H](C)C(=O)Nc1cccc(-c2nc3ccccc3s2)c1. The Morgan fingerprint density at radius 1 is 1.00 bits per heavy atom. The van der Waals surface area contributed by atoms with E-state index in [2.05, 4.69) is 16.4 Å². The highest BCUT2D eigenvalue weighted by molar-refractivity contribution is 7.21. The quantitative estimate of drug-likeness (QED) is 0.469. The van der Waals surface area contributed by atoms with E-state index in [0.717, 1.165) is 20.8 Å². The van der Waals surface area contributed by atoms with Crippen LogP contribution in [0.5, 0.6) is 11.5 Å². The van der Waals surface area contributed by atoms with E-state index in [-0.39, 0.29) is 5.91 Å². The number of carbonyl (C=O) groups is 1. The van der Waals surface area contributed by atoms with Crippen LogP contribution in [0.3, 0.4) is 0 Å². The number of hydrogen-bond donors (Lipinski definition) is 1. The van der Waals surface area contributed by atoms with E-state index in [1.54, 1.807) is 37.5 Å². The standard InChI is InChI=1S/C23H20N2O3S/c1-15(28-20-12-5-4-11-19(20)27-2)22(26)24-17-9-7-8-16(14-17)23-25-18-10-3-6-13-21(18)29-23/h3-15H,1-2H3,(H,24,26)/t15-/m1/s1. The Bertz CT molecular complexity index is 1120. The van der Waals surface area contributed by atoms with Gasteiger partial charge in [-0.3, -0.25) is 4.79 Å². The first-order valence-corrected chi connectivity index (χ1v) is 10.0. The predicted molar refractivity (Wildman–Crippen MR) is 117 cm³/mol. The average molecular weight is 404 g/mol. The lowest BCUT2D eigenvalue weighted by Crippen LogP contribution is -2.30. The summed E-state index contributed by atoms with van der Waals surface area (Å²) in [6.45, 7) is 1.71. The van der Waals surface area contributed by atoms with Gasteiger partial charge in [0.25, 0.3) is 5.91 Å². The summed E-state index contributed by atoms with van der Waals surface area (Å²) in [5.74, 6) is 0.878. The first kappa shape index (κ1) is 19.0. The number of carbonyl (C=O) groups excluding carboxylic acids is 1. The zero-order chi connectivity index (χ0) is 20.2.